The summed E-state index contributed by atoms with van der Waals surface area (Å²) in [4.78, 5) is 0. The van der Waals surface area contributed by atoms with Crippen molar-refractivity contribution in [3.63, 3.8) is 0 Å². The fraction of sp³-hybridized carbons (Fsp3) is 0.212. The van der Waals surface area contributed by atoms with Crippen LogP contribution >= 0.6 is 0 Å². The Labute approximate surface area is 239 Å². The van der Waals surface area contributed by atoms with Crippen LogP contribution in [0.3, 0.4) is 0 Å². The average molecular weight is 593 g/mol. The van der Waals surface area contributed by atoms with Crippen molar-refractivity contribution in [3.8, 4) is 28.0 Å². The summed E-state index contributed by atoms with van der Waals surface area (Å²) in [5, 5.41) is 0. The zero-order chi connectivity index (χ0) is 31.2. The van der Waals surface area contributed by atoms with Gasteiger partial charge in [0.15, 0.2) is 0 Å². The maximum atomic E-state index is 14.9. The molecule has 4 aromatic carbocycles. The quantitative estimate of drug-likeness (QED) is 0.139. The molecule has 0 aromatic heterocycles. The second-order valence-corrected chi connectivity index (χ2v) is 8.99. The van der Waals surface area contributed by atoms with Crippen molar-refractivity contribution in [3.05, 3.63) is 125 Å². The van der Waals surface area contributed by atoms with E-state index in [0.29, 0.717) is 36.6 Å². The monoisotopic (exact) mass is 592 g/mol. The van der Waals surface area contributed by atoms with E-state index < -0.39 is 52.3 Å². The van der Waals surface area contributed by atoms with E-state index >= 15 is 0 Å². The van der Waals surface area contributed by atoms with Crippen molar-refractivity contribution in [2.24, 2.45) is 0 Å². The highest BCUT2D eigenvalue weighted by atomic mass is 19.3. The number of hydrogen-bond donors (Lipinski definition) is 0. The maximum Gasteiger partial charge on any atom is 0.432 e. The maximum absolute atomic E-state index is 14.9. The van der Waals surface area contributed by atoms with E-state index in [9.17, 15) is 35.1 Å². The minimum atomic E-state index is -4.60. The molecule has 0 aliphatic rings. The van der Waals surface area contributed by atoms with Gasteiger partial charge in [-0.2, -0.15) is 8.78 Å². The average Bonchev–Trinajstić information content (AvgIpc) is 2.92. The molecule has 4 rings (SSSR count). The van der Waals surface area contributed by atoms with Gasteiger partial charge in [0.1, 0.15) is 46.2 Å². The molecule has 0 aliphatic carbocycles. The van der Waals surface area contributed by atoms with Crippen molar-refractivity contribution in [1.82, 2.24) is 0 Å². The Morgan fingerprint density at radius 3 is 1.67 bits per heavy atom. The van der Waals surface area contributed by atoms with Gasteiger partial charge in [-0.05, 0) is 78.4 Å². The molecule has 0 unspecified atom stereocenters. The zero-order valence-corrected chi connectivity index (χ0v) is 23.1. The molecule has 9 heteroatoms. The van der Waals surface area contributed by atoms with Gasteiger partial charge >= 0.3 is 6.11 Å². The lowest BCUT2D eigenvalue weighted by Gasteiger charge is -2.20. The van der Waals surface area contributed by atoms with Crippen LogP contribution in [0.2, 0.25) is 0 Å². The third-order valence-corrected chi connectivity index (χ3v) is 6.31. The number of benzene rings is 4. The molecule has 222 valence electrons. The van der Waals surface area contributed by atoms with Crippen LogP contribution in [0.15, 0.2) is 73.3 Å². The molecule has 0 aliphatic heterocycles. The number of rotatable bonds is 9. The first-order valence-electron chi connectivity index (χ1n) is 13.2. The van der Waals surface area contributed by atoms with Gasteiger partial charge in [0, 0.05) is 22.8 Å². The van der Waals surface area contributed by atoms with E-state index in [1.54, 1.807) is 12.1 Å². The van der Waals surface area contributed by atoms with Crippen molar-refractivity contribution < 1.29 is 39.9 Å². The molecule has 0 radical (unpaired) electrons. The topological polar surface area (TPSA) is 9.23 Å². The van der Waals surface area contributed by atoms with E-state index in [-0.39, 0.29) is 34.2 Å². The fourth-order valence-electron chi connectivity index (χ4n) is 4.31. The Morgan fingerprint density at radius 1 is 0.690 bits per heavy atom. The zero-order valence-electron chi connectivity index (χ0n) is 23.1. The van der Waals surface area contributed by atoms with Crippen LogP contribution in [0.5, 0.6) is 5.75 Å². The SMILES string of the molecule is C=CCCc1ccc(-c2cc(F)c(C(F)(F)Oc3ccc(-c4cc(F)c(CC)c(F)c4)c(F)c3)c(F)c2)c(F)c1.CC. The third-order valence-electron chi connectivity index (χ3n) is 6.31. The minimum Gasteiger partial charge on any atom is -0.429 e. The molecule has 42 heavy (non-hydrogen) atoms. The molecule has 0 saturated heterocycles. The van der Waals surface area contributed by atoms with Gasteiger partial charge in [-0.3, -0.25) is 0 Å². The molecular formula is C33H28F8O. The Balaban J connectivity index is 0.00000237. The predicted molar refractivity (Wildman–Crippen MR) is 147 cm³/mol. The first kappa shape index (κ1) is 32.4. The molecule has 0 heterocycles. The lowest BCUT2D eigenvalue weighted by atomic mass is 9.99. The Morgan fingerprint density at radius 2 is 1.19 bits per heavy atom. The molecule has 0 amide bonds. The molecule has 0 saturated carbocycles. The highest BCUT2D eigenvalue weighted by molar-refractivity contribution is 5.67. The normalized spacial score (nSPS) is 11.1. The Kier molecular flexibility index (Phi) is 10.5. The second kappa shape index (κ2) is 13.7. The van der Waals surface area contributed by atoms with Gasteiger partial charge in [0.25, 0.3) is 0 Å². The number of allylic oxidation sites excluding steroid dienone is 1. The van der Waals surface area contributed by atoms with Gasteiger partial charge < -0.3 is 4.74 Å². The van der Waals surface area contributed by atoms with E-state index in [2.05, 4.69) is 11.3 Å². The highest BCUT2D eigenvalue weighted by Crippen LogP contribution is 2.38. The molecular weight excluding hydrogens is 564 g/mol. The predicted octanol–water partition coefficient (Wildman–Crippen LogP) is 10.7. The summed E-state index contributed by atoms with van der Waals surface area (Å²) in [5.74, 6) is -8.00. The number of halogens is 8. The van der Waals surface area contributed by atoms with Gasteiger partial charge in [-0.15, -0.1) is 6.58 Å². The summed E-state index contributed by atoms with van der Waals surface area (Å²) < 4.78 is 121. The molecule has 1 nitrogen and oxygen atoms in total. The standard InChI is InChI=1S/C31H22F8O.C2H6/c1-3-5-6-17-7-9-22(24(32)11-17)19-14-28(36)30(29(37)15-19)31(38,39)40-20-8-10-23(27(35)16-20)18-12-25(33)21(4-2)26(34)13-18;1-2/h3,7-16H,1,4-6H2,2H3;1-2H3. The van der Waals surface area contributed by atoms with Crippen LogP contribution in [0.1, 0.15) is 43.9 Å². The molecule has 0 bridgehead atoms. The van der Waals surface area contributed by atoms with Crippen LogP contribution in [-0.2, 0) is 19.0 Å². The minimum absolute atomic E-state index is 0.0632. The van der Waals surface area contributed by atoms with Gasteiger partial charge in [0.05, 0.1) is 0 Å². The summed E-state index contributed by atoms with van der Waals surface area (Å²) in [6, 6.07) is 9.21. The lowest BCUT2D eigenvalue weighted by Crippen LogP contribution is -2.25. The van der Waals surface area contributed by atoms with Gasteiger partial charge in [-0.1, -0.05) is 39.0 Å². The lowest BCUT2D eigenvalue weighted by molar-refractivity contribution is -0.189. The van der Waals surface area contributed by atoms with Crippen LogP contribution < -0.4 is 4.74 Å². The summed E-state index contributed by atoms with van der Waals surface area (Å²) >= 11 is 0. The molecule has 0 N–H and O–H groups in total. The molecule has 4 aromatic rings. The summed E-state index contributed by atoms with van der Waals surface area (Å²) in [6.45, 7) is 9.11. The van der Waals surface area contributed by atoms with Gasteiger partial charge in [0.2, 0.25) is 0 Å². The van der Waals surface area contributed by atoms with Crippen LogP contribution in [0.4, 0.5) is 35.1 Å². The smallest absolute Gasteiger partial charge is 0.429 e. The number of hydrogen-bond acceptors (Lipinski definition) is 1. The van der Waals surface area contributed by atoms with Crippen LogP contribution in [0.25, 0.3) is 22.3 Å². The number of aryl methyl sites for hydroxylation is 1. The largest absolute Gasteiger partial charge is 0.432 e. The van der Waals surface area contributed by atoms with E-state index in [4.69, 9.17) is 0 Å². The van der Waals surface area contributed by atoms with Crippen molar-refractivity contribution in [1.29, 1.82) is 0 Å². The van der Waals surface area contributed by atoms with E-state index in [1.807, 2.05) is 13.8 Å². The molecule has 0 spiro atoms. The second-order valence-electron chi connectivity index (χ2n) is 8.99. The third kappa shape index (κ3) is 7.01. The Bertz CT molecular complexity index is 1530. The molecule has 0 fully saturated rings. The summed E-state index contributed by atoms with van der Waals surface area (Å²) in [7, 11) is 0. The van der Waals surface area contributed by atoms with E-state index in [0.717, 1.165) is 24.3 Å². The number of ether oxygens (including phenoxy) is 1. The summed E-state index contributed by atoms with van der Waals surface area (Å²) in [5.41, 5.74) is -2.35. The Hall–Kier alpha value is -4.14. The first-order chi connectivity index (χ1) is 19.9. The van der Waals surface area contributed by atoms with E-state index in [1.165, 1.54) is 19.1 Å². The summed E-state index contributed by atoms with van der Waals surface area (Å²) in [6.07, 6.45) is -1.82. The first-order valence-corrected chi connectivity index (χ1v) is 13.2. The van der Waals surface area contributed by atoms with Crippen LogP contribution in [0, 0.1) is 34.9 Å². The van der Waals surface area contributed by atoms with Crippen LogP contribution in [-0.4, -0.2) is 0 Å². The van der Waals surface area contributed by atoms with Crippen molar-refractivity contribution in [2.75, 3.05) is 0 Å². The number of alkyl halides is 2. The highest BCUT2D eigenvalue weighted by Gasteiger charge is 2.41. The van der Waals surface area contributed by atoms with Crippen molar-refractivity contribution in [2.45, 2.75) is 46.1 Å². The fourth-order valence-corrected chi connectivity index (χ4v) is 4.31. The van der Waals surface area contributed by atoms with Gasteiger partial charge in [-0.25, -0.2) is 26.3 Å². The van der Waals surface area contributed by atoms with Crippen molar-refractivity contribution >= 4 is 0 Å². The molecule has 0 atom stereocenters.